The zero-order valence-electron chi connectivity index (χ0n) is 53.3. The van der Waals surface area contributed by atoms with Crippen molar-refractivity contribution in [1.29, 1.82) is 0 Å². The third kappa shape index (κ3) is 51.3. The number of rotatable bonds is 57. The summed E-state index contributed by atoms with van der Waals surface area (Å²) in [6.07, 6.45) is 66.6. The molecule has 0 aromatic heterocycles. The van der Waals surface area contributed by atoms with Crippen LogP contribution in [0.5, 0.6) is 17.2 Å². The van der Waals surface area contributed by atoms with Crippen molar-refractivity contribution < 1.29 is 35.0 Å². The van der Waals surface area contributed by atoms with E-state index in [0.717, 1.165) is 56.3 Å². The predicted molar refractivity (Wildman–Crippen MR) is 349 cm³/mol. The quantitative estimate of drug-likeness (QED) is 0.0244. The Kier molecular flexibility index (Phi) is 45.7. The fourth-order valence-corrected chi connectivity index (χ4v) is 13.0. The molecule has 3 aromatic carbocycles. The van der Waals surface area contributed by atoms with Crippen molar-refractivity contribution in [3.63, 3.8) is 0 Å². The molecule has 0 fully saturated rings. The maximum atomic E-state index is 9.91. The molecule has 0 spiro atoms. The Bertz CT molecular complexity index is 1660. The van der Waals surface area contributed by atoms with Crippen LogP contribution in [-0.4, -0.2) is 34.0 Å². The second-order valence-electron chi connectivity index (χ2n) is 24.1. The van der Waals surface area contributed by atoms with Crippen LogP contribution in [0.2, 0.25) is 0 Å². The second kappa shape index (κ2) is 49.5. The molecule has 0 unspecified atom stereocenters. The molecule has 482 valence electrons. The van der Waals surface area contributed by atoms with Crippen molar-refractivity contribution in [3.05, 3.63) is 72.8 Å². The fourth-order valence-electron chi connectivity index (χ4n) is 10.9. The number of hydrogen-bond donors (Lipinski definition) is 0. The van der Waals surface area contributed by atoms with Crippen molar-refractivity contribution in [2.45, 2.75) is 344 Å². The molecule has 3 aromatic rings. The van der Waals surface area contributed by atoms with Gasteiger partial charge in [-0.15, -0.1) is 0 Å². The van der Waals surface area contributed by atoms with E-state index < -0.39 is 14.2 Å². The van der Waals surface area contributed by atoms with Gasteiger partial charge in [0.2, 0.25) is 0 Å². The van der Waals surface area contributed by atoms with E-state index in [-0.39, 0.29) is 10.9 Å². The Labute approximate surface area is 510 Å². The van der Waals surface area contributed by atoms with E-state index in [4.69, 9.17) is 14.2 Å². The molecular formula is C72H123AsF6O3S. The summed E-state index contributed by atoms with van der Waals surface area (Å²) in [6.45, 7) is 9.31. The van der Waals surface area contributed by atoms with Crippen LogP contribution >= 0.6 is 0 Å². The Morgan fingerprint density at radius 2 is 0.361 bits per heavy atom. The van der Waals surface area contributed by atoms with Gasteiger partial charge in [0.1, 0.15) is 17.2 Å². The Hall–Kier alpha value is -2.45. The number of ether oxygens (including phenoxy) is 3. The molecule has 0 saturated carbocycles. The van der Waals surface area contributed by atoms with Crippen LogP contribution in [0.15, 0.2) is 87.5 Å². The maximum absolute atomic E-state index is 11.1. The first-order valence-electron chi connectivity index (χ1n) is 34.7. The van der Waals surface area contributed by atoms with Crippen molar-refractivity contribution in [3.8, 4) is 17.2 Å². The van der Waals surface area contributed by atoms with Crippen molar-refractivity contribution in [2.75, 3.05) is 19.8 Å². The summed E-state index contributed by atoms with van der Waals surface area (Å²) in [5.74, 6) is 2.93. The van der Waals surface area contributed by atoms with Gasteiger partial charge in [0, 0.05) is 0 Å². The summed E-state index contributed by atoms with van der Waals surface area (Å²) in [7, 11) is -0.261. The fraction of sp³-hybridized carbons (Fsp3) is 0.750. The second-order valence-corrected chi connectivity index (χ2v) is 30.2. The molecular weight excluding hydrogens is 1130 g/mol. The number of unbranched alkanes of at least 4 members (excludes halogenated alkanes) is 45. The molecule has 0 saturated heterocycles. The van der Waals surface area contributed by atoms with Gasteiger partial charge in [-0.3, -0.25) is 0 Å². The van der Waals surface area contributed by atoms with E-state index in [0.29, 0.717) is 0 Å². The van der Waals surface area contributed by atoms with Crippen LogP contribution in [0.1, 0.15) is 329 Å². The third-order valence-corrected chi connectivity index (χ3v) is 18.2. The number of hydrogen-bond acceptors (Lipinski definition) is 3. The van der Waals surface area contributed by atoms with Crippen molar-refractivity contribution in [1.82, 2.24) is 0 Å². The third-order valence-electron chi connectivity index (χ3n) is 16.0. The minimum atomic E-state index is -11.1. The van der Waals surface area contributed by atoms with Crippen LogP contribution in [0.4, 0.5) is 20.8 Å². The SMILES string of the molecule is CCCCCCCCCCCCCCCCCCOc1ccc([S+](c2ccc(OCCCCCCCCCCCCCCCCCC)cc2)c2ccc(OCCCCCCCCCCCCCCCCCC)cc2)cc1.F[As-](F)(F)(F)(F)F. The predicted octanol–water partition coefficient (Wildman–Crippen LogP) is 26.8. The van der Waals surface area contributed by atoms with Crippen LogP contribution in [0, 0.1) is 0 Å². The average molecular weight is 1260 g/mol. The van der Waals surface area contributed by atoms with Crippen LogP contribution in [0.25, 0.3) is 0 Å². The van der Waals surface area contributed by atoms with E-state index in [2.05, 4.69) is 93.6 Å². The molecule has 0 N–H and O–H groups in total. The molecule has 0 radical (unpaired) electrons. The summed E-state index contributed by atoms with van der Waals surface area (Å²) in [4.78, 5) is 3.91. The summed E-state index contributed by atoms with van der Waals surface area (Å²) in [5, 5.41) is 0. The van der Waals surface area contributed by atoms with Crippen molar-refractivity contribution in [2.24, 2.45) is 0 Å². The molecule has 3 nitrogen and oxygen atoms in total. The van der Waals surface area contributed by atoms with Crippen LogP contribution in [0.3, 0.4) is 0 Å². The number of halogens is 6. The average Bonchev–Trinajstić information content (AvgIpc) is 3.67. The van der Waals surface area contributed by atoms with Gasteiger partial charge in [-0.25, -0.2) is 0 Å². The van der Waals surface area contributed by atoms with Gasteiger partial charge in [0.05, 0.1) is 30.7 Å². The molecule has 0 aliphatic carbocycles. The molecule has 0 heterocycles. The molecule has 0 bridgehead atoms. The first-order valence-corrected chi connectivity index (χ1v) is 40.2. The molecule has 0 aliphatic rings. The van der Waals surface area contributed by atoms with Crippen molar-refractivity contribution >= 4 is 25.1 Å². The normalized spacial score (nSPS) is 12.5. The van der Waals surface area contributed by atoms with Gasteiger partial charge in [-0.1, -0.05) is 310 Å². The van der Waals surface area contributed by atoms with Gasteiger partial charge in [-0.05, 0) is 92.1 Å². The Morgan fingerprint density at radius 3 is 0.506 bits per heavy atom. The molecule has 11 heteroatoms. The molecule has 83 heavy (non-hydrogen) atoms. The summed E-state index contributed by atoms with van der Waals surface area (Å²) in [6, 6.07) is 26.8. The summed E-state index contributed by atoms with van der Waals surface area (Å²) in [5.41, 5.74) is 0. The number of benzene rings is 3. The molecule has 3 rings (SSSR count). The molecule has 0 atom stereocenters. The molecule has 0 amide bonds. The Balaban J connectivity index is 0.00000314. The van der Waals surface area contributed by atoms with E-state index in [1.54, 1.807) is 0 Å². The monoisotopic (exact) mass is 1260 g/mol. The topological polar surface area (TPSA) is 27.7 Å². The van der Waals surface area contributed by atoms with E-state index >= 15 is 0 Å². The summed E-state index contributed by atoms with van der Waals surface area (Å²) >= 11 is -11.1. The standard InChI is InChI=1S/C72H123O3S.AsF6/c1-4-7-10-13-16-19-22-25-28-31-34-37-40-43-46-49-64-73-67-52-58-70(59-53-67)76(71-60-54-68(55-61-71)74-65-50-47-44-41-38-35-32-29-26-23-20-17-14-11-8-5-2)72-62-56-69(57-63-72)75-66-51-48-45-42-39-36-33-30-27-24-21-18-15-12-9-6-3;2-1(3,4,5,6)7/h52-63H,4-51,64-66H2,1-3H3;/q+1;-1. The first-order chi connectivity index (χ1) is 40.2. The van der Waals surface area contributed by atoms with E-state index in [1.807, 2.05) is 0 Å². The minimum absolute atomic E-state index is 0.261. The van der Waals surface area contributed by atoms with Gasteiger partial charge in [-0.2, -0.15) is 0 Å². The zero-order valence-corrected chi connectivity index (χ0v) is 56.0. The van der Waals surface area contributed by atoms with Gasteiger partial charge in [0.15, 0.2) is 14.7 Å². The summed E-state index contributed by atoms with van der Waals surface area (Å²) < 4.78 is 78.3. The molecule has 0 aliphatic heterocycles. The van der Waals surface area contributed by atoms with E-state index in [9.17, 15) is 20.8 Å². The van der Waals surface area contributed by atoms with Crippen LogP contribution in [-0.2, 0) is 10.9 Å². The van der Waals surface area contributed by atoms with Crippen LogP contribution < -0.4 is 14.2 Å². The van der Waals surface area contributed by atoms with Gasteiger partial charge in [0.25, 0.3) is 0 Å². The van der Waals surface area contributed by atoms with Gasteiger partial charge >= 0.3 is 35.0 Å². The first kappa shape index (κ1) is 76.6. The van der Waals surface area contributed by atoms with E-state index in [1.165, 1.54) is 304 Å². The Morgan fingerprint density at radius 1 is 0.229 bits per heavy atom. The zero-order chi connectivity index (χ0) is 60.1. The van der Waals surface area contributed by atoms with Gasteiger partial charge < -0.3 is 14.2 Å².